The Bertz CT molecular complexity index is 1010. The zero-order chi connectivity index (χ0) is 22.9. The van der Waals surface area contributed by atoms with Crippen LogP contribution in [0.5, 0.6) is 0 Å². The van der Waals surface area contributed by atoms with Crippen LogP contribution in [-0.2, 0) is 16.0 Å². The lowest BCUT2D eigenvalue weighted by molar-refractivity contribution is -0.149. The molecule has 3 atom stereocenters. The lowest BCUT2D eigenvalue weighted by Crippen LogP contribution is -2.72. The van der Waals surface area contributed by atoms with Crippen molar-refractivity contribution >= 4 is 35.0 Å². The molecular weight excluding hydrogens is 467 g/mol. The number of piperazine rings is 1. The number of likely N-dealkylation sites (tertiary alicyclic amines) is 1. The van der Waals surface area contributed by atoms with Gasteiger partial charge in [-0.1, -0.05) is 34.4 Å². The predicted molar refractivity (Wildman–Crippen MR) is 122 cm³/mol. The minimum absolute atomic E-state index is 0.0167. The van der Waals surface area contributed by atoms with Crippen LogP contribution in [0.25, 0.3) is 0 Å². The Morgan fingerprint density at radius 2 is 1.73 bits per heavy atom. The van der Waals surface area contributed by atoms with E-state index >= 15 is 0 Å². The van der Waals surface area contributed by atoms with Gasteiger partial charge in [-0.25, -0.2) is 0 Å². The maximum atomic E-state index is 13.5. The fraction of sp³-hybridized carbons (Fsp3) is 0.522. The van der Waals surface area contributed by atoms with Crippen LogP contribution in [0.2, 0.25) is 10.0 Å². The molecule has 33 heavy (non-hydrogen) atoms. The molecule has 0 N–H and O–H groups in total. The smallest absolute Gasteiger partial charge is 0.276 e. The van der Waals surface area contributed by atoms with Gasteiger partial charge in [-0.2, -0.15) is 0 Å². The van der Waals surface area contributed by atoms with Crippen molar-refractivity contribution in [3.63, 3.8) is 0 Å². The second-order valence-electron chi connectivity index (χ2n) is 8.80. The first-order valence-corrected chi connectivity index (χ1v) is 12.0. The molecule has 0 radical (unpaired) electrons. The molecule has 3 aliphatic heterocycles. The van der Waals surface area contributed by atoms with Crippen LogP contribution >= 0.6 is 23.2 Å². The van der Waals surface area contributed by atoms with Gasteiger partial charge < -0.3 is 19.1 Å². The Morgan fingerprint density at radius 3 is 2.45 bits per heavy atom. The number of benzene rings is 1. The van der Waals surface area contributed by atoms with E-state index in [1.807, 2.05) is 11.0 Å². The highest BCUT2D eigenvalue weighted by Gasteiger charge is 2.49. The van der Waals surface area contributed by atoms with Gasteiger partial charge in [0.25, 0.3) is 5.91 Å². The molecule has 0 saturated carbocycles. The molecule has 0 aliphatic carbocycles. The predicted octanol–water partition coefficient (Wildman–Crippen LogP) is 2.74. The normalized spacial score (nSPS) is 25.8. The number of carbonyl (C=O) groups is 2. The maximum Gasteiger partial charge on any atom is 0.276 e. The van der Waals surface area contributed by atoms with Crippen LogP contribution in [0.4, 0.5) is 0 Å². The molecular formula is C23H26Cl2N4O4. The van der Waals surface area contributed by atoms with Gasteiger partial charge in [0.05, 0.1) is 47.8 Å². The molecule has 2 amide bonds. The lowest BCUT2D eigenvalue weighted by atomic mass is 9.90. The molecule has 3 aliphatic rings. The van der Waals surface area contributed by atoms with Gasteiger partial charge in [0.2, 0.25) is 5.91 Å². The Balaban J connectivity index is 1.42. The Hall–Kier alpha value is -2.13. The Morgan fingerprint density at radius 1 is 0.970 bits per heavy atom. The topological polar surface area (TPSA) is 79.1 Å². The standard InChI is InChI=1S/C23H26Cl2N4O4/c24-16-4-3-15(11-17(16)25)12-21(30)29-9-8-28(23(31)18-5-10-33-26-18)20-14-32-13-19(22(20)29)27-6-1-2-7-27/h3-5,10-11,19-20,22H,1-2,6-9,12-14H2/t19-,20+,22+/m0/s1. The molecule has 10 heteroatoms. The second-order valence-corrected chi connectivity index (χ2v) is 9.62. The summed E-state index contributed by atoms with van der Waals surface area (Å²) in [4.78, 5) is 32.9. The minimum Gasteiger partial charge on any atom is -0.378 e. The van der Waals surface area contributed by atoms with Gasteiger partial charge in [-0.3, -0.25) is 14.5 Å². The summed E-state index contributed by atoms with van der Waals surface area (Å²) in [7, 11) is 0. The third-order valence-corrected chi connectivity index (χ3v) is 7.63. The molecule has 0 unspecified atom stereocenters. The van der Waals surface area contributed by atoms with E-state index in [0.717, 1.165) is 31.5 Å². The maximum absolute atomic E-state index is 13.5. The third kappa shape index (κ3) is 4.49. The molecule has 3 fully saturated rings. The lowest BCUT2D eigenvalue weighted by Gasteiger charge is -2.54. The molecule has 2 aromatic rings. The molecule has 1 aromatic heterocycles. The first kappa shape index (κ1) is 22.7. The Labute approximate surface area is 202 Å². The zero-order valence-corrected chi connectivity index (χ0v) is 19.7. The average Bonchev–Trinajstić information content (AvgIpc) is 3.54. The number of hydrogen-bond acceptors (Lipinski definition) is 6. The Kier molecular flexibility index (Phi) is 6.60. The summed E-state index contributed by atoms with van der Waals surface area (Å²) in [5.41, 5.74) is 1.09. The van der Waals surface area contributed by atoms with Crippen molar-refractivity contribution in [3.8, 4) is 0 Å². The summed E-state index contributed by atoms with van der Waals surface area (Å²) < 4.78 is 10.9. The molecule has 5 rings (SSSR count). The van der Waals surface area contributed by atoms with Gasteiger partial charge in [0, 0.05) is 19.2 Å². The van der Waals surface area contributed by atoms with Crippen LogP contribution < -0.4 is 0 Å². The van der Waals surface area contributed by atoms with E-state index in [4.69, 9.17) is 32.5 Å². The number of amides is 2. The highest BCUT2D eigenvalue weighted by molar-refractivity contribution is 6.42. The number of carbonyl (C=O) groups excluding carboxylic acids is 2. The zero-order valence-electron chi connectivity index (χ0n) is 18.2. The molecule has 176 valence electrons. The quantitative estimate of drug-likeness (QED) is 0.652. The van der Waals surface area contributed by atoms with Crippen molar-refractivity contribution < 1.29 is 18.8 Å². The number of aromatic nitrogens is 1. The van der Waals surface area contributed by atoms with Gasteiger partial charge in [0.15, 0.2) is 5.69 Å². The molecule has 4 heterocycles. The van der Waals surface area contributed by atoms with E-state index in [1.54, 1.807) is 23.1 Å². The van der Waals surface area contributed by atoms with E-state index in [-0.39, 0.29) is 42.1 Å². The summed E-state index contributed by atoms with van der Waals surface area (Å²) in [5, 5.41) is 4.73. The van der Waals surface area contributed by atoms with Crippen molar-refractivity contribution in [1.29, 1.82) is 0 Å². The van der Waals surface area contributed by atoms with Gasteiger partial charge in [0.1, 0.15) is 6.26 Å². The van der Waals surface area contributed by atoms with Gasteiger partial charge in [-0.05, 0) is 43.6 Å². The van der Waals surface area contributed by atoms with Gasteiger partial charge >= 0.3 is 0 Å². The first-order valence-electron chi connectivity index (χ1n) is 11.3. The number of fused-ring (bicyclic) bond motifs is 1. The number of hydrogen-bond donors (Lipinski definition) is 0. The van der Waals surface area contributed by atoms with Crippen LogP contribution in [0.1, 0.15) is 28.9 Å². The van der Waals surface area contributed by atoms with E-state index in [2.05, 4.69) is 10.1 Å². The number of nitrogens with zero attached hydrogens (tertiary/aromatic N) is 4. The molecule has 0 spiro atoms. The molecule has 0 bridgehead atoms. The van der Waals surface area contributed by atoms with Crippen LogP contribution in [0.15, 0.2) is 35.1 Å². The molecule has 1 aromatic carbocycles. The SMILES string of the molecule is O=C(Cc1ccc(Cl)c(Cl)c1)N1CCN(C(=O)c2ccon2)[C@@H]2COC[C@H](N3CCCC3)[C@H]21. The van der Waals surface area contributed by atoms with Crippen molar-refractivity contribution in [2.45, 2.75) is 37.4 Å². The monoisotopic (exact) mass is 492 g/mol. The highest BCUT2D eigenvalue weighted by atomic mass is 35.5. The summed E-state index contributed by atoms with van der Waals surface area (Å²) in [5.74, 6) is -0.177. The molecule has 8 nitrogen and oxygen atoms in total. The molecule has 3 saturated heterocycles. The number of halogens is 2. The van der Waals surface area contributed by atoms with Gasteiger partial charge in [-0.15, -0.1) is 0 Å². The number of ether oxygens (including phenoxy) is 1. The van der Waals surface area contributed by atoms with Crippen molar-refractivity contribution in [3.05, 3.63) is 51.8 Å². The fourth-order valence-electron chi connectivity index (χ4n) is 5.32. The third-order valence-electron chi connectivity index (χ3n) is 6.89. The van der Waals surface area contributed by atoms with Crippen molar-refractivity contribution in [2.75, 3.05) is 39.4 Å². The van der Waals surface area contributed by atoms with Crippen LogP contribution in [0, 0.1) is 0 Å². The van der Waals surface area contributed by atoms with E-state index in [0.29, 0.717) is 36.3 Å². The van der Waals surface area contributed by atoms with Crippen molar-refractivity contribution in [2.24, 2.45) is 0 Å². The van der Waals surface area contributed by atoms with E-state index < -0.39 is 0 Å². The van der Waals surface area contributed by atoms with E-state index in [1.165, 1.54) is 6.26 Å². The summed E-state index contributed by atoms with van der Waals surface area (Å²) in [6.45, 7) is 3.75. The fourth-order valence-corrected chi connectivity index (χ4v) is 5.64. The summed E-state index contributed by atoms with van der Waals surface area (Å²) in [6.07, 6.45) is 3.89. The van der Waals surface area contributed by atoms with E-state index in [9.17, 15) is 9.59 Å². The largest absolute Gasteiger partial charge is 0.378 e. The van der Waals surface area contributed by atoms with Crippen LogP contribution in [0.3, 0.4) is 0 Å². The second kappa shape index (κ2) is 9.62. The minimum atomic E-state index is -0.250. The summed E-state index contributed by atoms with van der Waals surface area (Å²) >= 11 is 12.2. The van der Waals surface area contributed by atoms with Crippen LogP contribution in [-0.4, -0.2) is 89.2 Å². The summed E-state index contributed by atoms with van der Waals surface area (Å²) in [6, 6.07) is 6.49. The first-order chi connectivity index (χ1) is 16.0. The highest BCUT2D eigenvalue weighted by Crippen LogP contribution is 2.31. The van der Waals surface area contributed by atoms with Crippen molar-refractivity contribution in [1.82, 2.24) is 19.9 Å². The number of rotatable bonds is 4. The average molecular weight is 493 g/mol.